The third-order valence-electron chi connectivity index (χ3n) is 2.46. The molecule has 0 aromatic carbocycles. The van der Waals surface area contributed by atoms with Gasteiger partial charge in [0.1, 0.15) is 23.9 Å². The number of carbonyl (C=O) groups excluding carboxylic acids is 1. The van der Waals surface area contributed by atoms with Crippen molar-refractivity contribution in [3.05, 3.63) is 22.7 Å². The topological polar surface area (TPSA) is 93.4 Å². The first-order valence-electron chi connectivity index (χ1n) is 5.19. The molecule has 0 aliphatic carbocycles. The lowest BCUT2D eigenvalue weighted by Crippen LogP contribution is -2.28. The number of β-amino-alcohol motifs (C(OH)–C–C–N with tert-alkyl or cyclic N) is 1. The van der Waals surface area contributed by atoms with Gasteiger partial charge in [-0.25, -0.2) is 5.06 Å². The number of amides is 1. The number of aromatic nitrogens is 4. The number of aliphatic hydroxyl groups is 1. The molecule has 94 valence electrons. The van der Waals surface area contributed by atoms with Gasteiger partial charge in [0.15, 0.2) is 0 Å². The second-order valence-corrected chi connectivity index (χ2v) is 4.62. The summed E-state index contributed by atoms with van der Waals surface area (Å²) >= 11 is 1.27. The largest absolute Gasteiger partial charge is 0.389 e. The summed E-state index contributed by atoms with van der Waals surface area (Å²) in [6.07, 6.45) is 0.781. The van der Waals surface area contributed by atoms with Gasteiger partial charge in [-0.2, -0.15) is 4.68 Å². The Balaban J connectivity index is 1.89. The zero-order chi connectivity index (χ0) is 12.5. The predicted molar refractivity (Wildman–Crippen MR) is 60.0 cm³/mol. The molecule has 3 rings (SSSR count). The van der Waals surface area contributed by atoms with Crippen LogP contribution < -0.4 is 0 Å². The minimum Gasteiger partial charge on any atom is -0.389 e. The highest BCUT2D eigenvalue weighted by Gasteiger charge is 2.29. The smallest absolute Gasteiger partial charge is 0.289 e. The van der Waals surface area contributed by atoms with Crippen molar-refractivity contribution in [3.8, 4) is 5.69 Å². The Morgan fingerprint density at radius 3 is 3.17 bits per heavy atom. The summed E-state index contributed by atoms with van der Waals surface area (Å²) in [6, 6.07) is 1.75. The average Bonchev–Trinajstić information content (AvgIpc) is 3.08. The van der Waals surface area contributed by atoms with Crippen LogP contribution in [0.2, 0.25) is 0 Å². The first-order valence-corrected chi connectivity index (χ1v) is 6.07. The minimum absolute atomic E-state index is 0.136. The normalized spacial score (nSPS) is 19.4. The SMILES string of the molecule is O=C(c1sccc1-n1cnnn1)N1CC(O)CO1. The number of rotatable bonds is 2. The van der Waals surface area contributed by atoms with Gasteiger partial charge in [0.05, 0.1) is 12.2 Å². The van der Waals surface area contributed by atoms with Crippen LogP contribution in [-0.4, -0.2) is 55.5 Å². The van der Waals surface area contributed by atoms with Crippen LogP contribution in [-0.2, 0) is 4.84 Å². The number of hydroxylamine groups is 2. The van der Waals surface area contributed by atoms with Crippen molar-refractivity contribution in [3.63, 3.8) is 0 Å². The number of thiophene rings is 1. The van der Waals surface area contributed by atoms with E-state index >= 15 is 0 Å². The molecule has 3 heterocycles. The van der Waals surface area contributed by atoms with Gasteiger partial charge < -0.3 is 5.11 Å². The Morgan fingerprint density at radius 2 is 2.50 bits per heavy atom. The van der Waals surface area contributed by atoms with Gasteiger partial charge in [0.25, 0.3) is 5.91 Å². The molecule has 1 aliphatic rings. The minimum atomic E-state index is -0.634. The van der Waals surface area contributed by atoms with E-state index < -0.39 is 6.10 Å². The zero-order valence-electron chi connectivity index (χ0n) is 9.13. The van der Waals surface area contributed by atoms with Gasteiger partial charge in [0, 0.05) is 0 Å². The Morgan fingerprint density at radius 1 is 1.61 bits per heavy atom. The number of aliphatic hydroxyl groups excluding tert-OH is 1. The fraction of sp³-hybridized carbons (Fsp3) is 0.333. The van der Waals surface area contributed by atoms with Gasteiger partial charge in [-0.05, 0) is 21.9 Å². The standard InChI is InChI=1S/C9H9N5O3S/c15-6-3-14(17-4-6)9(16)8-7(1-2-18-8)13-5-10-11-12-13/h1-2,5-6,15H,3-4H2. The molecule has 2 aromatic heterocycles. The van der Waals surface area contributed by atoms with E-state index in [1.807, 2.05) is 0 Å². The van der Waals surface area contributed by atoms with Crippen LogP contribution in [0.3, 0.4) is 0 Å². The molecule has 1 fully saturated rings. The lowest BCUT2D eigenvalue weighted by Gasteiger charge is -2.13. The Kier molecular flexibility index (Phi) is 2.78. The Bertz CT molecular complexity index is 554. The highest BCUT2D eigenvalue weighted by molar-refractivity contribution is 7.12. The summed E-state index contributed by atoms with van der Waals surface area (Å²) in [5.74, 6) is -0.299. The van der Waals surface area contributed by atoms with Gasteiger partial charge in [0.2, 0.25) is 0 Å². The highest BCUT2D eigenvalue weighted by atomic mass is 32.1. The highest BCUT2D eigenvalue weighted by Crippen LogP contribution is 2.23. The number of hydrogen-bond donors (Lipinski definition) is 1. The summed E-state index contributed by atoms with van der Waals surface area (Å²) in [4.78, 5) is 17.8. The number of tetrazole rings is 1. The third kappa shape index (κ3) is 1.88. The molecule has 18 heavy (non-hydrogen) atoms. The van der Waals surface area contributed by atoms with Crippen LogP contribution in [0.5, 0.6) is 0 Å². The van der Waals surface area contributed by atoms with Crippen molar-refractivity contribution in [1.82, 2.24) is 25.3 Å². The van der Waals surface area contributed by atoms with Crippen LogP contribution in [0.15, 0.2) is 17.8 Å². The molecular weight excluding hydrogens is 258 g/mol. The van der Waals surface area contributed by atoms with Gasteiger partial charge >= 0.3 is 0 Å². The second-order valence-electron chi connectivity index (χ2n) is 3.71. The molecule has 0 radical (unpaired) electrons. The molecule has 1 aliphatic heterocycles. The number of nitrogens with zero attached hydrogens (tertiary/aromatic N) is 5. The monoisotopic (exact) mass is 267 g/mol. The number of hydrogen-bond acceptors (Lipinski definition) is 7. The maximum absolute atomic E-state index is 12.2. The first kappa shape index (κ1) is 11.3. The molecule has 1 N–H and O–H groups in total. The van der Waals surface area contributed by atoms with Gasteiger partial charge in [-0.1, -0.05) is 0 Å². The summed E-state index contributed by atoms with van der Waals surface area (Å²) < 4.78 is 1.41. The molecule has 0 spiro atoms. The molecule has 1 unspecified atom stereocenters. The van der Waals surface area contributed by atoms with E-state index in [-0.39, 0.29) is 19.1 Å². The van der Waals surface area contributed by atoms with Crippen LogP contribution in [0.1, 0.15) is 9.67 Å². The van der Waals surface area contributed by atoms with Gasteiger partial charge in [-0.15, -0.1) is 16.4 Å². The molecule has 1 saturated heterocycles. The van der Waals surface area contributed by atoms with Crippen molar-refractivity contribution in [2.75, 3.05) is 13.2 Å². The van der Waals surface area contributed by atoms with Crippen LogP contribution >= 0.6 is 11.3 Å². The summed E-state index contributed by atoms with van der Waals surface area (Å²) in [6.45, 7) is 0.309. The second kappa shape index (κ2) is 4.44. The van der Waals surface area contributed by atoms with Crippen molar-refractivity contribution < 1.29 is 14.7 Å². The molecule has 8 nitrogen and oxygen atoms in total. The van der Waals surface area contributed by atoms with Crippen molar-refractivity contribution in [1.29, 1.82) is 0 Å². The molecule has 0 bridgehead atoms. The van der Waals surface area contributed by atoms with Gasteiger partial charge in [-0.3, -0.25) is 9.63 Å². The summed E-state index contributed by atoms with van der Waals surface area (Å²) in [5.41, 5.74) is 0.597. The molecule has 9 heteroatoms. The van der Waals surface area contributed by atoms with Crippen molar-refractivity contribution >= 4 is 17.2 Å². The fourth-order valence-corrected chi connectivity index (χ4v) is 2.46. The Hall–Kier alpha value is -1.84. The Labute approximate surface area is 105 Å². The van der Waals surface area contributed by atoms with E-state index in [1.54, 1.807) is 11.4 Å². The molecular formula is C9H9N5O3S. The van der Waals surface area contributed by atoms with Crippen molar-refractivity contribution in [2.45, 2.75) is 6.10 Å². The van der Waals surface area contributed by atoms with Crippen LogP contribution in [0.4, 0.5) is 0 Å². The van der Waals surface area contributed by atoms with E-state index in [9.17, 15) is 9.90 Å². The summed E-state index contributed by atoms with van der Waals surface area (Å²) in [5, 5.41) is 23.1. The average molecular weight is 267 g/mol. The molecule has 1 atom stereocenters. The maximum Gasteiger partial charge on any atom is 0.289 e. The lowest BCUT2D eigenvalue weighted by atomic mass is 10.3. The van der Waals surface area contributed by atoms with Crippen LogP contribution in [0, 0.1) is 0 Å². The zero-order valence-corrected chi connectivity index (χ0v) is 9.95. The lowest BCUT2D eigenvalue weighted by molar-refractivity contribution is -0.0776. The molecule has 2 aromatic rings. The van der Waals surface area contributed by atoms with E-state index in [2.05, 4.69) is 15.5 Å². The molecule has 1 amide bonds. The van der Waals surface area contributed by atoms with Crippen LogP contribution in [0.25, 0.3) is 5.69 Å². The van der Waals surface area contributed by atoms with E-state index in [0.717, 1.165) is 5.06 Å². The van der Waals surface area contributed by atoms with E-state index in [4.69, 9.17) is 4.84 Å². The van der Waals surface area contributed by atoms with E-state index in [1.165, 1.54) is 22.3 Å². The maximum atomic E-state index is 12.2. The first-order chi connectivity index (χ1) is 8.75. The van der Waals surface area contributed by atoms with E-state index in [0.29, 0.717) is 10.6 Å². The quantitative estimate of drug-likeness (QED) is 0.786. The number of carbonyl (C=O) groups is 1. The fourth-order valence-electron chi connectivity index (χ4n) is 1.64. The predicted octanol–water partition coefficient (Wildman–Crippen LogP) is -0.528. The van der Waals surface area contributed by atoms with Crippen molar-refractivity contribution in [2.24, 2.45) is 0 Å². The summed E-state index contributed by atoms with van der Waals surface area (Å²) in [7, 11) is 0. The third-order valence-corrected chi connectivity index (χ3v) is 3.35. The molecule has 0 saturated carbocycles.